The Morgan fingerprint density at radius 3 is 2.52 bits per heavy atom. The summed E-state index contributed by atoms with van der Waals surface area (Å²) in [5, 5.41) is 0.423. The van der Waals surface area contributed by atoms with Gasteiger partial charge in [-0.15, -0.1) is 0 Å². The van der Waals surface area contributed by atoms with E-state index in [1.807, 2.05) is 18.2 Å². The Morgan fingerprint density at radius 1 is 1.17 bits per heavy atom. The lowest BCUT2D eigenvalue weighted by Gasteiger charge is -2.18. The number of fused-ring (bicyclic) bond motifs is 1. The Kier molecular flexibility index (Phi) is 4.31. The Morgan fingerprint density at radius 2 is 1.91 bits per heavy atom. The summed E-state index contributed by atoms with van der Waals surface area (Å²) >= 11 is 0.706. The van der Waals surface area contributed by atoms with E-state index in [-0.39, 0.29) is 16.1 Å². The standard InChI is InChI=1S/C18H20N2O2S/c1-4-13(5-2)11-19-10-9-14-15(19)7-6-8-16(14)20-12(3)17(21)23-18(20)22/h6-10,13H,3-5,11H2,1-2H3. The van der Waals surface area contributed by atoms with Gasteiger partial charge in [-0.1, -0.05) is 39.3 Å². The van der Waals surface area contributed by atoms with Crippen LogP contribution in [0.3, 0.4) is 0 Å². The van der Waals surface area contributed by atoms with E-state index < -0.39 is 0 Å². The highest BCUT2D eigenvalue weighted by atomic mass is 32.2. The van der Waals surface area contributed by atoms with Crippen molar-refractivity contribution in [3.8, 4) is 0 Å². The molecule has 1 aromatic carbocycles. The number of hydrogen-bond donors (Lipinski definition) is 0. The molecule has 2 aromatic rings. The van der Waals surface area contributed by atoms with Gasteiger partial charge in [0.15, 0.2) is 0 Å². The van der Waals surface area contributed by atoms with Gasteiger partial charge in [0.25, 0.3) is 5.24 Å². The lowest BCUT2D eigenvalue weighted by Crippen LogP contribution is -2.20. The number of amides is 1. The number of nitrogens with zero attached hydrogens (tertiary/aromatic N) is 2. The first-order valence-corrected chi connectivity index (χ1v) is 8.71. The second-order valence-electron chi connectivity index (χ2n) is 5.80. The monoisotopic (exact) mass is 328 g/mol. The SMILES string of the molecule is C=C1C(=O)SC(=O)N1c1cccc2c1ccn2CC(CC)CC. The second-order valence-corrected chi connectivity index (χ2v) is 6.72. The van der Waals surface area contributed by atoms with Crippen LogP contribution in [0.2, 0.25) is 0 Å². The van der Waals surface area contributed by atoms with Crippen molar-refractivity contribution in [1.29, 1.82) is 0 Å². The predicted molar refractivity (Wildman–Crippen MR) is 95.6 cm³/mol. The van der Waals surface area contributed by atoms with Gasteiger partial charge in [0.1, 0.15) is 0 Å². The highest BCUT2D eigenvalue weighted by Crippen LogP contribution is 2.37. The van der Waals surface area contributed by atoms with E-state index in [1.165, 1.54) is 4.90 Å². The summed E-state index contributed by atoms with van der Waals surface area (Å²) < 4.78 is 2.23. The van der Waals surface area contributed by atoms with E-state index in [0.717, 1.165) is 36.0 Å². The number of benzene rings is 1. The lowest BCUT2D eigenvalue weighted by molar-refractivity contribution is -0.107. The normalized spacial score (nSPS) is 15.4. The van der Waals surface area contributed by atoms with E-state index in [1.54, 1.807) is 0 Å². The van der Waals surface area contributed by atoms with Crippen LogP contribution in [0.1, 0.15) is 26.7 Å². The molecule has 0 bridgehead atoms. The Bertz CT molecular complexity index is 789. The Balaban J connectivity index is 2.04. The van der Waals surface area contributed by atoms with Crippen LogP contribution in [0.5, 0.6) is 0 Å². The zero-order valence-electron chi connectivity index (χ0n) is 13.4. The van der Waals surface area contributed by atoms with Crippen molar-refractivity contribution in [3.05, 3.63) is 42.7 Å². The van der Waals surface area contributed by atoms with Crippen molar-refractivity contribution in [1.82, 2.24) is 4.57 Å². The van der Waals surface area contributed by atoms with Crippen molar-refractivity contribution in [2.45, 2.75) is 33.2 Å². The maximum absolute atomic E-state index is 12.1. The quantitative estimate of drug-likeness (QED) is 0.741. The summed E-state index contributed by atoms with van der Waals surface area (Å²) in [7, 11) is 0. The summed E-state index contributed by atoms with van der Waals surface area (Å²) in [6, 6.07) is 7.86. The van der Waals surface area contributed by atoms with Crippen molar-refractivity contribution in [2.75, 3.05) is 4.90 Å². The first kappa shape index (κ1) is 15.9. The maximum Gasteiger partial charge on any atom is 0.298 e. The highest BCUT2D eigenvalue weighted by Gasteiger charge is 2.35. The summed E-state index contributed by atoms with van der Waals surface area (Å²) in [6.45, 7) is 9.14. The molecule has 1 fully saturated rings. The third-order valence-electron chi connectivity index (χ3n) is 4.51. The first-order chi connectivity index (χ1) is 11.1. The molecule has 0 spiro atoms. The molecule has 0 radical (unpaired) electrons. The molecule has 4 nitrogen and oxygen atoms in total. The molecule has 0 atom stereocenters. The number of hydrogen-bond acceptors (Lipinski definition) is 3. The second kappa shape index (κ2) is 6.24. The van der Waals surface area contributed by atoms with E-state index in [4.69, 9.17) is 0 Å². The van der Waals surface area contributed by atoms with Crippen molar-refractivity contribution >= 4 is 38.7 Å². The van der Waals surface area contributed by atoms with Gasteiger partial charge in [-0.05, 0) is 24.1 Å². The summed E-state index contributed by atoms with van der Waals surface area (Å²) in [4.78, 5) is 25.3. The minimum atomic E-state index is -0.278. The molecule has 1 aliphatic heterocycles. The third kappa shape index (κ3) is 2.70. The number of rotatable bonds is 5. The molecule has 0 saturated carbocycles. The van der Waals surface area contributed by atoms with E-state index in [2.05, 4.69) is 37.3 Å². The topological polar surface area (TPSA) is 42.3 Å². The Labute approximate surface area is 140 Å². The van der Waals surface area contributed by atoms with E-state index in [9.17, 15) is 9.59 Å². The first-order valence-electron chi connectivity index (χ1n) is 7.89. The molecule has 0 aliphatic carbocycles. The number of aromatic nitrogens is 1. The zero-order valence-corrected chi connectivity index (χ0v) is 14.2. The molecule has 1 aromatic heterocycles. The molecule has 0 unspecified atom stereocenters. The number of carbonyl (C=O) groups excluding carboxylic acids is 2. The van der Waals surface area contributed by atoms with Crippen LogP contribution in [0.25, 0.3) is 10.9 Å². The summed E-state index contributed by atoms with van der Waals surface area (Å²) in [6.07, 6.45) is 4.34. The van der Waals surface area contributed by atoms with Crippen LogP contribution < -0.4 is 4.90 Å². The van der Waals surface area contributed by atoms with Gasteiger partial charge in [-0.2, -0.15) is 0 Å². The van der Waals surface area contributed by atoms with E-state index in [0.29, 0.717) is 17.7 Å². The molecule has 1 amide bonds. The van der Waals surface area contributed by atoms with Gasteiger partial charge >= 0.3 is 0 Å². The smallest absolute Gasteiger partial charge is 0.298 e. The third-order valence-corrected chi connectivity index (χ3v) is 5.29. The minimum Gasteiger partial charge on any atom is -0.347 e. The molecular formula is C18H20N2O2S. The fourth-order valence-corrected chi connectivity index (χ4v) is 3.68. The van der Waals surface area contributed by atoms with Crippen molar-refractivity contribution in [2.24, 2.45) is 5.92 Å². The number of anilines is 1. The van der Waals surface area contributed by atoms with E-state index >= 15 is 0 Å². The van der Waals surface area contributed by atoms with Crippen molar-refractivity contribution in [3.63, 3.8) is 0 Å². The van der Waals surface area contributed by atoms with Gasteiger partial charge in [0.05, 0.1) is 16.9 Å². The average Bonchev–Trinajstić information content (AvgIpc) is 3.06. The molecule has 120 valence electrons. The van der Waals surface area contributed by atoms with Crippen LogP contribution in [0.15, 0.2) is 42.7 Å². The van der Waals surface area contributed by atoms with Gasteiger partial charge in [-0.25, -0.2) is 0 Å². The molecule has 1 saturated heterocycles. The lowest BCUT2D eigenvalue weighted by atomic mass is 10.0. The summed E-state index contributed by atoms with van der Waals surface area (Å²) in [5.74, 6) is 0.634. The maximum atomic E-state index is 12.1. The minimum absolute atomic E-state index is 0.236. The van der Waals surface area contributed by atoms with Crippen LogP contribution in [-0.4, -0.2) is 14.9 Å². The molecule has 23 heavy (non-hydrogen) atoms. The Hall–Kier alpha value is -2.01. The fourth-order valence-electron chi connectivity index (χ4n) is 3.02. The average molecular weight is 328 g/mol. The molecule has 0 N–H and O–H groups in total. The number of thioether (sulfide) groups is 1. The van der Waals surface area contributed by atoms with Crippen molar-refractivity contribution < 1.29 is 9.59 Å². The molecule has 2 heterocycles. The highest BCUT2D eigenvalue weighted by molar-refractivity contribution is 8.27. The van der Waals surface area contributed by atoms with Gasteiger partial charge in [0, 0.05) is 29.9 Å². The van der Waals surface area contributed by atoms with Gasteiger partial charge in [-0.3, -0.25) is 14.5 Å². The number of carbonyl (C=O) groups is 2. The molecular weight excluding hydrogens is 308 g/mol. The predicted octanol–water partition coefficient (Wildman–Crippen LogP) is 4.79. The van der Waals surface area contributed by atoms with Crippen LogP contribution in [0, 0.1) is 5.92 Å². The van der Waals surface area contributed by atoms with Crippen LogP contribution in [0.4, 0.5) is 10.5 Å². The van der Waals surface area contributed by atoms with Gasteiger partial charge in [0.2, 0.25) is 5.12 Å². The largest absolute Gasteiger partial charge is 0.347 e. The summed E-state index contributed by atoms with van der Waals surface area (Å²) in [5.41, 5.74) is 2.05. The van der Waals surface area contributed by atoms with Gasteiger partial charge < -0.3 is 4.57 Å². The molecule has 3 rings (SSSR count). The van der Waals surface area contributed by atoms with Crippen LogP contribution in [-0.2, 0) is 11.3 Å². The molecule has 1 aliphatic rings. The van der Waals surface area contributed by atoms with Crippen LogP contribution >= 0.6 is 11.8 Å². The zero-order chi connectivity index (χ0) is 16.6. The molecule has 5 heteroatoms. The fraction of sp³-hybridized carbons (Fsp3) is 0.333.